The first-order valence-corrected chi connectivity index (χ1v) is 31.8. The molecule has 0 saturated carbocycles. The average Bonchev–Trinajstić information content (AvgIpc) is 3.37. The molecule has 0 spiro atoms. The summed E-state index contributed by atoms with van der Waals surface area (Å²) in [5.74, 6) is -0.0673. The zero-order chi connectivity index (χ0) is 51.4. The van der Waals surface area contributed by atoms with Crippen LogP contribution in [0.4, 0.5) is 0 Å². The van der Waals surface area contributed by atoms with Gasteiger partial charge in [0.25, 0.3) is 0 Å². The zero-order valence-corrected chi connectivity index (χ0v) is 47.7. The fraction of sp³-hybridized carbons (Fsp3) is 0.877. The van der Waals surface area contributed by atoms with Gasteiger partial charge in [0.2, 0.25) is 5.91 Å². The van der Waals surface area contributed by atoms with Crippen molar-refractivity contribution in [1.29, 1.82) is 0 Å². The van der Waals surface area contributed by atoms with Crippen molar-refractivity contribution in [3.05, 3.63) is 36.5 Å². The summed E-state index contributed by atoms with van der Waals surface area (Å²) in [5.41, 5.74) is 0. The van der Waals surface area contributed by atoms with E-state index in [9.17, 15) is 19.8 Å². The number of amides is 1. The monoisotopic (exact) mass is 998 g/mol. The molecule has 2 unspecified atom stereocenters. The van der Waals surface area contributed by atoms with Crippen LogP contribution in [-0.2, 0) is 14.3 Å². The number of aliphatic hydroxyl groups is 2. The van der Waals surface area contributed by atoms with Crippen molar-refractivity contribution in [1.82, 2.24) is 5.32 Å². The zero-order valence-electron chi connectivity index (χ0n) is 47.7. The maximum absolute atomic E-state index is 12.5. The van der Waals surface area contributed by atoms with Crippen LogP contribution in [0.15, 0.2) is 36.5 Å². The maximum atomic E-state index is 12.5. The van der Waals surface area contributed by atoms with Crippen molar-refractivity contribution < 1.29 is 24.5 Å². The predicted molar refractivity (Wildman–Crippen MR) is 310 cm³/mol. The van der Waals surface area contributed by atoms with Crippen LogP contribution in [0.25, 0.3) is 0 Å². The van der Waals surface area contributed by atoms with E-state index in [4.69, 9.17) is 4.74 Å². The van der Waals surface area contributed by atoms with Gasteiger partial charge in [0.05, 0.1) is 25.4 Å². The molecule has 0 aromatic heterocycles. The Morgan fingerprint density at radius 3 is 1.08 bits per heavy atom. The van der Waals surface area contributed by atoms with E-state index in [0.717, 1.165) is 51.4 Å². The highest BCUT2D eigenvalue weighted by molar-refractivity contribution is 5.76. The molecule has 1 amide bonds. The first-order chi connectivity index (χ1) is 35.0. The number of hydrogen-bond donors (Lipinski definition) is 3. The Hall–Kier alpha value is -1.92. The highest BCUT2D eigenvalue weighted by Gasteiger charge is 2.18. The molecule has 3 N–H and O–H groups in total. The Kier molecular flexibility index (Phi) is 59.0. The van der Waals surface area contributed by atoms with Crippen LogP contribution in [0.3, 0.4) is 0 Å². The number of ether oxygens (including phenoxy) is 1. The van der Waals surface area contributed by atoms with Crippen LogP contribution in [0, 0.1) is 0 Å². The van der Waals surface area contributed by atoms with Crippen LogP contribution in [0.5, 0.6) is 0 Å². The lowest BCUT2D eigenvalue weighted by Gasteiger charge is -2.20. The fourth-order valence-electron chi connectivity index (χ4n) is 9.78. The molecule has 0 rings (SSSR count). The van der Waals surface area contributed by atoms with E-state index in [1.165, 1.54) is 263 Å². The molecule has 6 heteroatoms. The van der Waals surface area contributed by atoms with Crippen LogP contribution < -0.4 is 5.32 Å². The predicted octanol–water partition coefficient (Wildman–Crippen LogP) is 20.0. The molecule has 0 radical (unpaired) electrons. The minimum atomic E-state index is -0.845. The topological polar surface area (TPSA) is 95.9 Å². The van der Waals surface area contributed by atoms with Crippen molar-refractivity contribution in [2.75, 3.05) is 13.2 Å². The molecule has 418 valence electrons. The van der Waals surface area contributed by atoms with Crippen molar-refractivity contribution in [3.63, 3.8) is 0 Å². The number of hydrogen-bond acceptors (Lipinski definition) is 5. The molecule has 6 nitrogen and oxygen atoms in total. The fourth-order valence-corrected chi connectivity index (χ4v) is 9.78. The quantitative estimate of drug-likeness (QED) is 0.0321. The number of allylic oxidation sites excluding steroid dienone is 5. The lowest BCUT2D eigenvalue weighted by molar-refractivity contribution is -0.143. The van der Waals surface area contributed by atoms with E-state index < -0.39 is 12.1 Å². The SMILES string of the molecule is CCCCCC/C=C\C/C=C\CCCCCCCC(=O)OCCCCCCCCCCCCCCCCCCCCCCCCC(=O)NC(CO)C(O)/C=C/CCCCCCCCCCCCCCCC. The van der Waals surface area contributed by atoms with Crippen LogP contribution >= 0.6 is 0 Å². The van der Waals surface area contributed by atoms with Gasteiger partial charge < -0.3 is 20.3 Å². The van der Waals surface area contributed by atoms with E-state index in [1.54, 1.807) is 6.08 Å². The first kappa shape index (κ1) is 69.1. The summed E-state index contributed by atoms with van der Waals surface area (Å²) < 4.78 is 5.48. The standard InChI is InChI=1S/C65H123NO5/c1-3-5-7-9-11-13-15-17-19-29-33-37-41-45-49-53-57-63(68)62(61-67)66-64(69)58-54-50-46-42-38-34-30-27-25-23-21-22-24-26-28-32-36-40-44-48-52-56-60-71-65(70)59-55-51-47-43-39-35-31-20-18-16-14-12-10-8-6-4-2/h14,16,20,31,53,57,62-63,67-68H,3-13,15,17-19,21-30,32-52,54-56,58-61H2,1-2H3,(H,66,69)/b16-14-,31-20-,57-53+. The third-order valence-corrected chi connectivity index (χ3v) is 14.7. The lowest BCUT2D eigenvalue weighted by Crippen LogP contribution is -2.45. The molecule has 0 bridgehead atoms. The molecule has 0 aliphatic rings. The van der Waals surface area contributed by atoms with Gasteiger partial charge in [-0.2, -0.15) is 0 Å². The Morgan fingerprint density at radius 1 is 0.394 bits per heavy atom. The molecule has 0 aromatic rings. The molecule has 71 heavy (non-hydrogen) atoms. The Bertz CT molecular complexity index is 1150. The van der Waals surface area contributed by atoms with E-state index in [0.29, 0.717) is 19.4 Å². The van der Waals surface area contributed by atoms with Gasteiger partial charge in [-0.1, -0.05) is 301 Å². The van der Waals surface area contributed by atoms with Gasteiger partial charge in [-0.25, -0.2) is 0 Å². The molecule has 0 aliphatic heterocycles. The smallest absolute Gasteiger partial charge is 0.305 e. The molecular weight excluding hydrogens is 875 g/mol. The normalized spacial score (nSPS) is 12.8. The number of aliphatic hydroxyl groups excluding tert-OH is 2. The first-order valence-electron chi connectivity index (χ1n) is 31.8. The molecule has 0 aromatic carbocycles. The van der Waals surface area contributed by atoms with E-state index in [-0.39, 0.29) is 18.5 Å². The van der Waals surface area contributed by atoms with Crippen molar-refractivity contribution in [2.45, 2.75) is 353 Å². The average molecular weight is 999 g/mol. The molecule has 2 atom stereocenters. The molecule has 0 saturated heterocycles. The summed E-state index contributed by atoms with van der Waals surface area (Å²) in [6, 6.07) is -0.628. The van der Waals surface area contributed by atoms with Gasteiger partial charge in [0, 0.05) is 12.8 Å². The number of carbonyl (C=O) groups is 2. The highest BCUT2D eigenvalue weighted by Crippen LogP contribution is 2.18. The number of carbonyl (C=O) groups excluding carboxylic acids is 2. The molecule has 0 fully saturated rings. The Labute approximate surface area is 443 Å². The second-order valence-electron chi connectivity index (χ2n) is 21.7. The van der Waals surface area contributed by atoms with Crippen molar-refractivity contribution in [2.24, 2.45) is 0 Å². The Morgan fingerprint density at radius 2 is 0.704 bits per heavy atom. The third kappa shape index (κ3) is 57.2. The van der Waals surface area contributed by atoms with Crippen molar-refractivity contribution in [3.8, 4) is 0 Å². The highest BCUT2D eigenvalue weighted by atomic mass is 16.5. The summed E-state index contributed by atoms with van der Waals surface area (Å²) in [6.07, 6.45) is 76.1. The van der Waals surface area contributed by atoms with E-state index in [1.807, 2.05) is 6.08 Å². The van der Waals surface area contributed by atoms with Gasteiger partial charge in [-0.05, 0) is 64.2 Å². The second-order valence-corrected chi connectivity index (χ2v) is 21.7. The summed E-state index contributed by atoms with van der Waals surface area (Å²) in [6.45, 7) is 4.90. The largest absolute Gasteiger partial charge is 0.466 e. The second kappa shape index (κ2) is 60.6. The van der Waals surface area contributed by atoms with Gasteiger partial charge in [0.1, 0.15) is 0 Å². The van der Waals surface area contributed by atoms with E-state index in [2.05, 4.69) is 43.5 Å². The summed E-state index contributed by atoms with van der Waals surface area (Å²) in [7, 11) is 0. The molecular formula is C65H123NO5. The molecule has 0 aliphatic carbocycles. The van der Waals surface area contributed by atoms with E-state index >= 15 is 0 Å². The number of unbranched alkanes of at least 4 members (excludes halogenated alkanes) is 44. The van der Waals surface area contributed by atoms with Gasteiger partial charge >= 0.3 is 5.97 Å². The number of esters is 1. The van der Waals surface area contributed by atoms with Crippen LogP contribution in [0.2, 0.25) is 0 Å². The maximum Gasteiger partial charge on any atom is 0.305 e. The lowest BCUT2D eigenvalue weighted by atomic mass is 10.0. The Balaban J connectivity index is 3.41. The van der Waals surface area contributed by atoms with Crippen LogP contribution in [-0.4, -0.2) is 47.4 Å². The van der Waals surface area contributed by atoms with Gasteiger partial charge in [0.15, 0.2) is 0 Å². The third-order valence-electron chi connectivity index (χ3n) is 14.7. The minimum Gasteiger partial charge on any atom is -0.466 e. The van der Waals surface area contributed by atoms with Crippen molar-refractivity contribution >= 4 is 11.9 Å². The van der Waals surface area contributed by atoms with Crippen LogP contribution in [0.1, 0.15) is 341 Å². The van der Waals surface area contributed by atoms with Gasteiger partial charge in [-0.3, -0.25) is 9.59 Å². The molecule has 0 heterocycles. The summed E-state index contributed by atoms with van der Waals surface area (Å²) in [4.78, 5) is 24.5. The van der Waals surface area contributed by atoms with Gasteiger partial charge in [-0.15, -0.1) is 0 Å². The summed E-state index contributed by atoms with van der Waals surface area (Å²) in [5, 5.41) is 23.2. The summed E-state index contributed by atoms with van der Waals surface area (Å²) >= 11 is 0. The minimum absolute atomic E-state index is 0.000641. The number of rotatable bonds is 59. The number of nitrogens with one attached hydrogen (secondary N) is 1.